The number of aryl methyl sites for hydroxylation is 1. The van der Waals surface area contributed by atoms with Crippen LogP contribution in [0.2, 0.25) is 0 Å². The Morgan fingerprint density at radius 3 is 2.65 bits per heavy atom. The van der Waals surface area contributed by atoms with Crippen LogP contribution in [0.5, 0.6) is 0 Å². The van der Waals surface area contributed by atoms with Gasteiger partial charge in [0.2, 0.25) is 5.89 Å². The Bertz CT molecular complexity index is 546. The van der Waals surface area contributed by atoms with Gasteiger partial charge in [-0.3, -0.25) is 0 Å². The van der Waals surface area contributed by atoms with Gasteiger partial charge in [0.25, 0.3) is 5.22 Å². The number of halogens is 2. The molecule has 2 aromatic rings. The summed E-state index contributed by atoms with van der Waals surface area (Å²) in [5, 5.41) is 9.93. The second kappa shape index (κ2) is 4.66. The second-order valence-electron chi connectivity index (χ2n) is 3.04. The Morgan fingerprint density at radius 1 is 1.29 bits per heavy atom. The largest absolute Gasteiger partial charge is 0.416 e. The third-order valence-electron chi connectivity index (χ3n) is 1.83. The number of hydrogen-bond donors (Lipinski definition) is 1. The molecule has 0 aliphatic carbocycles. The zero-order valence-corrected chi connectivity index (χ0v) is 9.81. The minimum atomic E-state index is -0.776. The number of nitrogens with zero attached hydrogens (tertiary/aromatic N) is 3. The zero-order chi connectivity index (χ0) is 12.4. The van der Waals surface area contributed by atoms with Crippen LogP contribution in [-0.2, 0) is 0 Å². The van der Waals surface area contributed by atoms with E-state index in [-0.39, 0.29) is 16.1 Å². The van der Waals surface area contributed by atoms with Crippen LogP contribution in [0.4, 0.5) is 14.6 Å². The zero-order valence-electron chi connectivity index (χ0n) is 8.99. The van der Waals surface area contributed by atoms with Crippen molar-refractivity contribution in [2.75, 3.05) is 12.4 Å². The Morgan fingerprint density at radius 2 is 2.06 bits per heavy atom. The van der Waals surface area contributed by atoms with Gasteiger partial charge in [-0.05, 0) is 11.8 Å². The number of nitrogens with one attached hydrogen (secondary N) is 1. The lowest BCUT2D eigenvalue weighted by molar-refractivity contribution is 0.428. The maximum absolute atomic E-state index is 13.4. The van der Waals surface area contributed by atoms with Crippen molar-refractivity contribution in [1.82, 2.24) is 15.2 Å². The summed E-state index contributed by atoms with van der Waals surface area (Å²) < 4.78 is 31.6. The Labute approximate surface area is 99.6 Å². The quantitative estimate of drug-likeness (QED) is 0.910. The van der Waals surface area contributed by atoms with Gasteiger partial charge in [-0.15, -0.1) is 10.2 Å². The number of aromatic nitrogens is 3. The number of hydrogen-bond acceptors (Lipinski definition) is 6. The molecule has 0 saturated heterocycles. The summed E-state index contributed by atoms with van der Waals surface area (Å²) in [6, 6.07) is 0.754. The first-order valence-corrected chi connectivity index (χ1v) is 5.43. The van der Waals surface area contributed by atoms with Gasteiger partial charge in [-0.1, -0.05) is 0 Å². The second-order valence-corrected chi connectivity index (χ2v) is 3.98. The minimum Gasteiger partial charge on any atom is -0.416 e. The molecule has 2 rings (SSSR count). The fourth-order valence-corrected chi connectivity index (χ4v) is 1.80. The molecule has 0 aliphatic rings. The highest BCUT2D eigenvalue weighted by atomic mass is 32.2. The molecule has 0 amide bonds. The summed E-state index contributed by atoms with van der Waals surface area (Å²) in [5.74, 6) is -1.20. The SMILES string of the molecule is CNc1nc(Sc2nnc(C)o2)c(F)cc1F. The van der Waals surface area contributed by atoms with Crippen LogP contribution in [0.25, 0.3) is 0 Å². The first kappa shape index (κ1) is 11.8. The van der Waals surface area contributed by atoms with Crippen LogP contribution in [0, 0.1) is 18.6 Å². The molecule has 90 valence electrons. The van der Waals surface area contributed by atoms with E-state index in [1.165, 1.54) is 7.05 Å². The Kier molecular flexibility index (Phi) is 3.23. The molecule has 1 N–H and O–H groups in total. The Hall–Kier alpha value is -1.70. The molecular formula is C9H8F2N4OS. The van der Waals surface area contributed by atoms with Gasteiger partial charge in [0, 0.05) is 20.0 Å². The highest BCUT2D eigenvalue weighted by Crippen LogP contribution is 2.29. The fraction of sp³-hybridized carbons (Fsp3) is 0.222. The lowest BCUT2D eigenvalue weighted by Crippen LogP contribution is -1.99. The van der Waals surface area contributed by atoms with Gasteiger partial charge in [0.15, 0.2) is 17.5 Å². The molecule has 0 spiro atoms. The molecule has 0 unspecified atom stereocenters. The van der Waals surface area contributed by atoms with E-state index in [1.807, 2.05) is 0 Å². The lowest BCUT2D eigenvalue weighted by Gasteiger charge is -2.04. The van der Waals surface area contributed by atoms with Crippen molar-refractivity contribution in [3.8, 4) is 0 Å². The summed E-state index contributed by atoms with van der Waals surface area (Å²) >= 11 is 0.840. The van der Waals surface area contributed by atoms with Gasteiger partial charge >= 0.3 is 0 Å². The standard InChI is InChI=1S/C9H8F2N4OS/c1-4-14-15-9(16-4)17-8-6(11)3-5(10)7(12-2)13-8/h3H,1-2H3,(H,12,13). The summed E-state index contributed by atoms with van der Waals surface area (Å²) in [7, 11) is 1.49. The topological polar surface area (TPSA) is 63.8 Å². The molecule has 0 fully saturated rings. The van der Waals surface area contributed by atoms with Crippen LogP contribution in [-0.4, -0.2) is 22.2 Å². The first-order chi connectivity index (χ1) is 8.10. The van der Waals surface area contributed by atoms with E-state index >= 15 is 0 Å². The normalized spacial score (nSPS) is 10.6. The van der Waals surface area contributed by atoms with Gasteiger partial charge in [-0.2, -0.15) is 0 Å². The third kappa shape index (κ3) is 2.52. The highest BCUT2D eigenvalue weighted by Gasteiger charge is 2.15. The lowest BCUT2D eigenvalue weighted by atomic mass is 10.4. The number of rotatable bonds is 3. The summed E-state index contributed by atoms with van der Waals surface area (Å²) in [6.07, 6.45) is 0. The summed E-state index contributed by atoms with van der Waals surface area (Å²) in [4.78, 5) is 3.77. The maximum atomic E-state index is 13.4. The molecule has 0 aromatic carbocycles. The van der Waals surface area contributed by atoms with Crippen LogP contribution >= 0.6 is 11.8 Å². The van der Waals surface area contributed by atoms with Gasteiger partial charge in [0.05, 0.1) is 0 Å². The van der Waals surface area contributed by atoms with Crippen molar-refractivity contribution < 1.29 is 13.2 Å². The van der Waals surface area contributed by atoms with Crippen LogP contribution in [0.3, 0.4) is 0 Å². The Balaban J connectivity index is 2.32. The average molecular weight is 258 g/mol. The molecule has 2 heterocycles. The van der Waals surface area contributed by atoms with E-state index in [1.54, 1.807) is 6.92 Å². The highest BCUT2D eigenvalue weighted by molar-refractivity contribution is 7.99. The molecule has 2 aromatic heterocycles. The smallest absolute Gasteiger partial charge is 0.283 e. The van der Waals surface area contributed by atoms with E-state index in [0.29, 0.717) is 5.89 Å². The van der Waals surface area contributed by atoms with E-state index in [9.17, 15) is 8.78 Å². The fourth-order valence-electron chi connectivity index (χ4n) is 1.10. The predicted molar refractivity (Wildman–Crippen MR) is 56.9 cm³/mol. The van der Waals surface area contributed by atoms with Gasteiger partial charge in [0.1, 0.15) is 5.03 Å². The molecule has 0 radical (unpaired) electrons. The minimum absolute atomic E-state index is 0.0283. The van der Waals surface area contributed by atoms with Crippen molar-refractivity contribution in [3.63, 3.8) is 0 Å². The third-order valence-corrected chi connectivity index (χ3v) is 2.64. The molecule has 0 aliphatic heterocycles. The summed E-state index contributed by atoms with van der Waals surface area (Å²) in [6.45, 7) is 1.62. The van der Waals surface area contributed by atoms with Gasteiger partial charge < -0.3 is 9.73 Å². The van der Waals surface area contributed by atoms with E-state index in [0.717, 1.165) is 17.8 Å². The van der Waals surface area contributed by atoms with Crippen molar-refractivity contribution >= 4 is 17.6 Å². The summed E-state index contributed by atoms with van der Waals surface area (Å²) in [5.41, 5.74) is 0. The number of pyridine rings is 1. The molecule has 0 bridgehead atoms. The van der Waals surface area contributed by atoms with Crippen molar-refractivity contribution in [1.29, 1.82) is 0 Å². The number of anilines is 1. The average Bonchev–Trinajstić information content (AvgIpc) is 2.68. The molecule has 0 saturated carbocycles. The van der Waals surface area contributed by atoms with E-state index in [4.69, 9.17) is 4.42 Å². The molecule has 5 nitrogen and oxygen atoms in total. The van der Waals surface area contributed by atoms with Crippen LogP contribution in [0.1, 0.15) is 5.89 Å². The first-order valence-electron chi connectivity index (χ1n) is 4.62. The van der Waals surface area contributed by atoms with Crippen molar-refractivity contribution in [3.05, 3.63) is 23.6 Å². The van der Waals surface area contributed by atoms with E-state index < -0.39 is 11.6 Å². The van der Waals surface area contributed by atoms with Crippen LogP contribution in [0.15, 0.2) is 20.7 Å². The molecular weight excluding hydrogens is 250 g/mol. The van der Waals surface area contributed by atoms with E-state index in [2.05, 4.69) is 20.5 Å². The van der Waals surface area contributed by atoms with Gasteiger partial charge in [-0.25, -0.2) is 13.8 Å². The molecule has 17 heavy (non-hydrogen) atoms. The van der Waals surface area contributed by atoms with Crippen molar-refractivity contribution in [2.24, 2.45) is 0 Å². The monoisotopic (exact) mass is 258 g/mol. The molecule has 0 atom stereocenters. The maximum Gasteiger partial charge on any atom is 0.283 e. The van der Waals surface area contributed by atoms with Crippen LogP contribution < -0.4 is 5.32 Å². The molecule has 8 heteroatoms. The van der Waals surface area contributed by atoms with Crippen molar-refractivity contribution in [2.45, 2.75) is 17.2 Å². The predicted octanol–water partition coefficient (Wildman–Crippen LogP) is 2.24.